The summed E-state index contributed by atoms with van der Waals surface area (Å²) in [5, 5.41) is 0.435. The van der Waals surface area contributed by atoms with Gasteiger partial charge in [-0.05, 0) is 66.6 Å². The standard InChI is InChI=1S/C23H22ClF/c1-16-7-8-17(2)19(13-16)10-9-18-5-3-4-6-20(18)14-21-11-12-22(24)15-23(21)25/h3-8,11-13,15H,9-10,14H2,1-2H3. The van der Waals surface area contributed by atoms with E-state index in [0.717, 1.165) is 12.8 Å². The topological polar surface area (TPSA) is 0 Å². The van der Waals surface area contributed by atoms with E-state index in [0.29, 0.717) is 17.0 Å². The van der Waals surface area contributed by atoms with Crippen LogP contribution in [0.5, 0.6) is 0 Å². The molecule has 128 valence electrons. The summed E-state index contributed by atoms with van der Waals surface area (Å²) in [5.74, 6) is -0.239. The van der Waals surface area contributed by atoms with Crippen LogP contribution in [0.25, 0.3) is 0 Å². The molecule has 0 bridgehead atoms. The molecule has 0 aliphatic heterocycles. The van der Waals surface area contributed by atoms with E-state index in [-0.39, 0.29) is 5.82 Å². The van der Waals surface area contributed by atoms with E-state index in [1.165, 1.54) is 33.9 Å². The number of halogens is 2. The van der Waals surface area contributed by atoms with Crippen molar-refractivity contribution in [1.82, 2.24) is 0 Å². The summed E-state index contributed by atoms with van der Waals surface area (Å²) in [4.78, 5) is 0. The van der Waals surface area contributed by atoms with Gasteiger partial charge in [-0.25, -0.2) is 4.39 Å². The molecule has 0 saturated carbocycles. The van der Waals surface area contributed by atoms with Crippen molar-refractivity contribution in [1.29, 1.82) is 0 Å². The van der Waals surface area contributed by atoms with E-state index in [1.54, 1.807) is 12.1 Å². The highest BCUT2D eigenvalue weighted by Crippen LogP contribution is 2.21. The highest BCUT2D eigenvalue weighted by atomic mass is 35.5. The van der Waals surface area contributed by atoms with Crippen LogP contribution in [0.2, 0.25) is 5.02 Å². The van der Waals surface area contributed by atoms with Crippen LogP contribution in [0, 0.1) is 19.7 Å². The molecule has 0 saturated heterocycles. The third kappa shape index (κ3) is 4.49. The first kappa shape index (κ1) is 17.7. The van der Waals surface area contributed by atoms with Crippen molar-refractivity contribution >= 4 is 11.6 Å². The van der Waals surface area contributed by atoms with Crippen LogP contribution in [0.3, 0.4) is 0 Å². The van der Waals surface area contributed by atoms with Crippen LogP contribution < -0.4 is 0 Å². The lowest BCUT2D eigenvalue weighted by Crippen LogP contribution is -2.01. The number of aryl methyl sites for hydroxylation is 4. The van der Waals surface area contributed by atoms with Gasteiger partial charge in [0.05, 0.1) is 0 Å². The molecule has 0 N–H and O–H groups in total. The van der Waals surface area contributed by atoms with Crippen LogP contribution in [-0.2, 0) is 19.3 Å². The molecule has 0 spiro atoms. The van der Waals surface area contributed by atoms with Crippen molar-refractivity contribution in [2.45, 2.75) is 33.1 Å². The zero-order valence-electron chi connectivity index (χ0n) is 14.7. The SMILES string of the molecule is Cc1ccc(C)c(CCc2ccccc2Cc2ccc(Cl)cc2F)c1. The lowest BCUT2D eigenvalue weighted by molar-refractivity contribution is 0.614. The van der Waals surface area contributed by atoms with E-state index in [2.05, 4.69) is 50.2 Å². The van der Waals surface area contributed by atoms with E-state index in [1.807, 2.05) is 6.07 Å². The lowest BCUT2D eigenvalue weighted by Gasteiger charge is -2.12. The van der Waals surface area contributed by atoms with E-state index in [4.69, 9.17) is 11.6 Å². The average molecular weight is 353 g/mol. The van der Waals surface area contributed by atoms with E-state index in [9.17, 15) is 4.39 Å². The summed E-state index contributed by atoms with van der Waals surface area (Å²) in [5.41, 5.74) is 7.13. The smallest absolute Gasteiger partial charge is 0.128 e. The third-order valence-corrected chi connectivity index (χ3v) is 4.92. The monoisotopic (exact) mass is 352 g/mol. The molecule has 0 aliphatic carbocycles. The maximum Gasteiger partial charge on any atom is 0.128 e. The van der Waals surface area contributed by atoms with Crippen molar-refractivity contribution in [3.8, 4) is 0 Å². The molecule has 0 radical (unpaired) electrons. The second-order valence-corrected chi connectivity index (χ2v) is 7.05. The van der Waals surface area contributed by atoms with Gasteiger partial charge in [0, 0.05) is 11.4 Å². The summed E-state index contributed by atoms with van der Waals surface area (Å²) >= 11 is 5.86. The largest absolute Gasteiger partial charge is 0.207 e. The molecule has 0 aromatic heterocycles. The number of benzene rings is 3. The van der Waals surface area contributed by atoms with Crippen LogP contribution >= 0.6 is 11.6 Å². The predicted octanol–water partition coefficient (Wildman–Crippen LogP) is 6.47. The molecule has 0 heterocycles. The highest BCUT2D eigenvalue weighted by Gasteiger charge is 2.09. The van der Waals surface area contributed by atoms with Crippen LogP contribution in [0.1, 0.15) is 33.4 Å². The quantitative estimate of drug-likeness (QED) is 0.493. The summed E-state index contributed by atoms with van der Waals surface area (Å²) in [7, 11) is 0. The molecule has 0 amide bonds. The molecule has 0 fully saturated rings. The van der Waals surface area contributed by atoms with E-state index < -0.39 is 0 Å². The fourth-order valence-corrected chi connectivity index (χ4v) is 3.34. The average Bonchev–Trinajstić information content (AvgIpc) is 2.59. The molecule has 25 heavy (non-hydrogen) atoms. The minimum absolute atomic E-state index is 0.239. The first-order valence-corrected chi connectivity index (χ1v) is 8.97. The highest BCUT2D eigenvalue weighted by molar-refractivity contribution is 6.30. The van der Waals surface area contributed by atoms with Gasteiger partial charge < -0.3 is 0 Å². The Morgan fingerprint density at radius 3 is 2.24 bits per heavy atom. The molecule has 2 heteroatoms. The van der Waals surface area contributed by atoms with Crippen molar-refractivity contribution in [3.63, 3.8) is 0 Å². The molecule has 0 nitrogen and oxygen atoms in total. The fourth-order valence-electron chi connectivity index (χ4n) is 3.18. The first-order valence-electron chi connectivity index (χ1n) is 8.60. The predicted molar refractivity (Wildman–Crippen MR) is 104 cm³/mol. The molecular weight excluding hydrogens is 331 g/mol. The minimum Gasteiger partial charge on any atom is -0.207 e. The van der Waals surface area contributed by atoms with Gasteiger partial charge in [-0.1, -0.05) is 65.7 Å². The van der Waals surface area contributed by atoms with Crippen molar-refractivity contribution in [2.75, 3.05) is 0 Å². The molecule has 0 unspecified atom stereocenters. The van der Waals surface area contributed by atoms with Crippen molar-refractivity contribution in [2.24, 2.45) is 0 Å². The summed E-state index contributed by atoms with van der Waals surface area (Å²) in [6.45, 7) is 4.28. The third-order valence-electron chi connectivity index (χ3n) is 4.68. The zero-order chi connectivity index (χ0) is 17.8. The molecule has 0 aliphatic rings. The zero-order valence-corrected chi connectivity index (χ0v) is 15.4. The normalized spacial score (nSPS) is 10.9. The fraction of sp³-hybridized carbons (Fsp3) is 0.217. The second-order valence-electron chi connectivity index (χ2n) is 6.61. The van der Waals surface area contributed by atoms with Gasteiger partial charge in [0.2, 0.25) is 0 Å². The van der Waals surface area contributed by atoms with Gasteiger partial charge in [-0.3, -0.25) is 0 Å². The van der Waals surface area contributed by atoms with Crippen molar-refractivity contribution in [3.05, 3.63) is 105 Å². The van der Waals surface area contributed by atoms with Gasteiger partial charge in [0.1, 0.15) is 5.82 Å². The molecule has 3 rings (SSSR count). The Bertz CT molecular complexity index is 883. The molecule has 3 aromatic rings. The summed E-state index contributed by atoms with van der Waals surface area (Å²) < 4.78 is 14.1. The van der Waals surface area contributed by atoms with E-state index >= 15 is 0 Å². The molecule has 3 aromatic carbocycles. The Morgan fingerprint density at radius 1 is 0.760 bits per heavy atom. The van der Waals surface area contributed by atoms with Gasteiger partial charge >= 0.3 is 0 Å². The number of hydrogen-bond donors (Lipinski definition) is 0. The Kier molecular flexibility index (Phi) is 5.55. The molecular formula is C23H22ClF. The van der Waals surface area contributed by atoms with Crippen LogP contribution in [-0.4, -0.2) is 0 Å². The first-order chi connectivity index (χ1) is 12.0. The Balaban J connectivity index is 1.80. The maximum atomic E-state index is 14.1. The summed E-state index contributed by atoms with van der Waals surface area (Å²) in [6.07, 6.45) is 2.54. The maximum absolute atomic E-state index is 14.1. The Hall–Kier alpha value is -2.12. The van der Waals surface area contributed by atoms with Crippen LogP contribution in [0.4, 0.5) is 4.39 Å². The summed E-state index contributed by atoms with van der Waals surface area (Å²) in [6, 6.07) is 19.8. The minimum atomic E-state index is -0.239. The van der Waals surface area contributed by atoms with Gasteiger partial charge in [0.25, 0.3) is 0 Å². The van der Waals surface area contributed by atoms with Gasteiger partial charge in [0.15, 0.2) is 0 Å². The van der Waals surface area contributed by atoms with Crippen molar-refractivity contribution < 1.29 is 4.39 Å². The lowest BCUT2D eigenvalue weighted by atomic mass is 9.93. The van der Waals surface area contributed by atoms with Gasteiger partial charge in [-0.2, -0.15) is 0 Å². The number of rotatable bonds is 5. The Labute approximate surface area is 154 Å². The van der Waals surface area contributed by atoms with Gasteiger partial charge in [-0.15, -0.1) is 0 Å². The second kappa shape index (κ2) is 7.84. The molecule has 0 atom stereocenters. The number of hydrogen-bond acceptors (Lipinski definition) is 0. The van der Waals surface area contributed by atoms with Crippen LogP contribution in [0.15, 0.2) is 60.7 Å². The Morgan fingerprint density at radius 2 is 1.48 bits per heavy atom.